The summed E-state index contributed by atoms with van der Waals surface area (Å²) in [4.78, 5) is 0. The van der Waals surface area contributed by atoms with Gasteiger partial charge in [-0.25, -0.2) is 0 Å². The van der Waals surface area contributed by atoms with Crippen molar-refractivity contribution in [2.45, 2.75) is 26.3 Å². The molecule has 1 aromatic heterocycles. The zero-order valence-electron chi connectivity index (χ0n) is 8.14. The Labute approximate surface area is 78.9 Å². The number of nitrogens with zero attached hydrogens (tertiary/aromatic N) is 1. The van der Waals surface area contributed by atoms with E-state index in [1.54, 1.807) is 0 Å². The van der Waals surface area contributed by atoms with Crippen LogP contribution in [0.25, 0.3) is 0 Å². The second-order valence-corrected chi connectivity index (χ2v) is 3.10. The molecular formula is C9H18N4. The highest BCUT2D eigenvalue weighted by atomic mass is 15.1. The molecule has 0 atom stereocenters. The number of aromatic amines is 1. The average Bonchev–Trinajstić information content (AvgIpc) is 2.54. The van der Waals surface area contributed by atoms with E-state index < -0.39 is 0 Å². The number of aromatic nitrogens is 2. The van der Waals surface area contributed by atoms with Gasteiger partial charge in [-0.2, -0.15) is 5.10 Å². The van der Waals surface area contributed by atoms with E-state index in [0.29, 0.717) is 6.54 Å². The molecule has 4 N–H and O–H groups in total. The number of H-pyrrole nitrogens is 1. The Morgan fingerprint density at radius 1 is 1.62 bits per heavy atom. The lowest BCUT2D eigenvalue weighted by Gasteiger charge is -1.98. The Balaban J connectivity index is 2.31. The maximum Gasteiger partial charge on any atom is 0.0625 e. The topological polar surface area (TPSA) is 66.7 Å². The van der Waals surface area contributed by atoms with E-state index in [1.807, 2.05) is 0 Å². The van der Waals surface area contributed by atoms with Crippen molar-refractivity contribution < 1.29 is 0 Å². The number of hydrogen-bond acceptors (Lipinski definition) is 3. The van der Waals surface area contributed by atoms with E-state index in [4.69, 9.17) is 5.73 Å². The Morgan fingerprint density at radius 3 is 3.15 bits per heavy atom. The van der Waals surface area contributed by atoms with Gasteiger partial charge in [0.25, 0.3) is 0 Å². The molecule has 0 fully saturated rings. The second-order valence-electron chi connectivity index (χ2n) is 3.10. The molecule has 1 heterocycles. The van der Waals surface area contributed by atoms with E-state index in [0.717, 1.165) is 37.3 Å². The van der Waals surface area contributed by atoms with Crippen molar-refractivity contribution in [1.82, 2.24) is 15.5 Å². The lowest BCUT2D eigenvalue weighted by molar-refractivity contribution is 0.680. The summed E-state index contributed by atoms with van der Waals surface area (Å²) in [5, 5.41) is 10.4. The quantitative estimate of drug-likeness (QED) is 0.558. The van der Waals surface area contributed by atoms with Crippen LogP contribution in [0.2, 0.25) is 0 Å². The van der Waals surface area contributed by atoms with Crippen LogP contribution in [0, 0.1) is 0 Å². The van der Waals surface area contributed by atoms with Crippen molar-refractivity contribution in [1.29, 1.82) is 0 Å². The SMILES string of the molecule is CCCc1cc(CNCCN)[nH]n1. The molecular weight excluding hydrogens is 164 g/mol. The molecule has 0 saturated carbocycles. The van der Waals surface area contributed by atoms with Gasteiger partial charge in [0.1, 0.15) is 0 Å². The number of rotatable bonds is 6. The van der Waals surface area contributed by atoms with Crippen molar-refractivity contribution >= 4 is 0 Å². The summed E-state index contributed by atoms with van der Waals surface area (Å²) in [7, 11) is 0. The van der Waals surface area contributed by atoms with E-state index in [-0.39, 0.29) is 0 Å². The molecule has 0 unspecified atom stereocenters. The Morgan fingerprint density at radius 2 is 2.46 bits per heavy atom. The summed E-state index contributed by atoms with van der Waals surface area (Å²) < 4.78 is 0. The number of hydrogen-bond donors (Lipinski definition) is 3. The molecule has 4 nitrogen and oxygen atoms in total. The van der Waals surface area contributed by atoms with Gasteiger partial charge >= 0.3 is 0 Å². The van der Waals surface area contributed by atoms with E-state index in [9.17, 15) is 0 Å². The molecule has 1 rings (SSSR count). The van der Waals surface area contributed by atoms with Crippen molar-refractivity contribution in [3.63, 3.8) is 0 Å². The van der Waals surface area contributed by atoms with Crippen LogP contribution in [-0.2, 0) is 13.0 Å². The first-order valence-corrected chi connectivity index (χ1v) is 4.80. The van der Waals surface area contributed by atoms with Gasteiger partial charge in [0.15, 0.2) is 0 Å². The predicted molar refractivity (Wildman–Crippen MR) is 53.3 cm³/mol. The summed E-state index contributed by atoms with van der Waals surface area (Å²) >= 11 is 0. The maximum atomic E-state index is 5.36. The van der Waals surface area contributed by atoms with Gasteiger partial charge in [0.2, 0.25) is 0 Å². The van der Waals surface area contributed by atoms with Crippen LogP contribution in [0.5, 0.6) is 0 Å². The van der Waals surface area contributed by atoms with Crippen LogP contribution < -0.4 is 11.1 Å². The molecule has 74 valence electrons. The Kier molecular flexibility index (Phi) is 4.49. The van der Waals surface area contributed by atoms with Crippen LogP contribution >= 0.6 is 0 Å². The minimum atomic E-state index is 0.677. The third kappa shape index (κ3) is 3.57. The van der Waals surface area contributed by atoms with Crippen LogP contribution in [0.3, 0.4) is 0 Å². The number of aryl methyl sites for hydroxylation is 1. The smallest absolute Gasteiger partial charge is 0.0625 e. The van der Waals surface area contributed by atoms with Gasteiger partial charge in [-0.15, -0.1) is 0 Å². The zero-order chi connectivity index (χ0) is 9.52. The normalized spacial score (nSPS) is 10.6. The summed E-state index contributed by atoms with van der Waals surface area (Å²) in [5.41, 5.74) is 7.64. The average molecular weight is 182 g/mol. The highest BCUT2D eigenvalue weighted by Gasteiger charge is 1.98. The highest BCUT2D eigenvalue weighted by Crippen LogP contribution is 2.01. The molecule has 0 radical (unpaired) electrons. The fourth-order valence-corrected chi connectivity index (χ4v) is 1.21. The third-order valence-electron chi connectivity index (χ3n) is 1.83. The molecule has 4 heteroatoms. The molecule has 0 bridgehead atoms. The van der Waals surface area contributed by atoms with Gasteiger partial charge in [-0.3, -0.25) is 5.10 Å². The van der Waals surface area contributed by atoms with Crippen LogP contribution in [0.4, 0.5) is 0 Å². The molecule has 0 aliphatic rings. The predicted octanol–water partition coefficient (Wildman–Crippen LogP) is 0.410. The molecule has 0 saturated heterocycles. The Bertz CT molecular complexity index is 231. The summed E-state index contributed by atoms with van der Waals surface area (Å²) in [6.45, 7) is 4.51. The highest BCUT2D eigenvalue weighted by molar-refractivity contribution is 5.08. The first kappa shape index (κ1) is 10.2. The van der Waals surface area contributed by atoms with E-state index >= 15 is 0 Å². The molecule has 0 aromatic carbocycles. The van der Waals surface area contributed by atoms with Gasteiger partial charge in [-0.05, 0) is 12.5 Å². The minimum Gasteiger partial charge on any atom is -0.329 e. The van der Waals surface area contributed by atoms with Crippen molar-refractivity contribution in [3.8, 4) is 0 Å². The molecule has 1 aromatic rings. The maximum absolute atomic E-state index is 5.36. The standard InChI is InChI=1S/C9H18N4/c1-2-3-8-6-9(13-12-8)7-11-5-4-10/h6,11H,2-5,7,10H2,1H3,(H,12,13). The zero-order valence-corrected chi connectivity index (χ0v) is 8.14. The first-order valence-electron chi connectivity index (χ1n) is 4.80. The number of nitrogens with two attached hydrogens (primary N) is 1. The Hall–Kier alpha value is -0.870. The fourth-order valence-electron chi connectivity index (χ4n) is 1.21. The molecule has 0 spiro atoms. The molecule has 13 heavy (non-hydrogen) atoms. The largest absolute Gasteiger partial charge is 0.329 e. The lowest BCUT2D eigenvalue weighted by atomic mass is 10.2. The molecule has 0 amide bonds. The van der Waals surface area contributed by atoms with Gasteiger partial charge in [0, 0.05) is 25.3 Å². The van der Waals surface area contributed by atoms with Gasteiger partial charge in [0.05, 0.1) is 5.69 Å². The first-order chi connectivity index (χ1) is 6.36. The van der Waals surface area contributed by atoms with Crippen molar-refractivity contribution in [3.05, 3.63) is 17.5 Å². The van der Waals surface area contributed by atoms with Crippen LogP contribution in [-0.4, -0.2) is 23.3 Å². The van der Waals surface area contributed by atoms with Gasteiger partial charge < -0.3 is 11.1 Å². The molecule has 0 aliphatic heterocycles. The van der Waals surface area contributed by atoms with Gasteiger partial charge in [-0.1, -0.05) is 13.3 Å². The second kappa shape index (κ2) is 5.72. The fraction of sp³-hybridized carbons (Fsp3) is 0.667. The molecule has 0 aliphatic carbocycles. The van der Waals surface area contributed by atoms with Crippen molar-refractivity contribution in [2.24, 2.45) is 5.73 Å². The van der Waals surface area contributed by atoms with E-state index in [1.165, 1.54) is 0 Å². The monoisotopic (exact) mass is 182 g/mol. The number of nitrogens with one attached hydrogen (secondary N) is 2. The summed E-state index contributed by atoms with van der Waals surface area (Å²) in [6.07, 6.45) is 2.19. The third-order valence-corrected chi connectivity index (χ3v) is 1.83. The van der Waals surface area contributed by atoms with E-state index in [2.05, 4.69) is 28.5 Å². The van der Waals surface area contributed by atoms with Crippen molar-refractivity contribution in [2.75, 3.05) is 13.1 Å². The minimum absolute atomic E-state index is 0.677. The lowest BCUT2D eigenvalue weighted by Crippen LogP contribution is -2.21. The summed E-state index contributed by atoms with van der Waals surface area (Å²) in [6, 6.07) is 2.10. The van der Waals surface area contributed by atoms with Crippen LogP contribution in [0.1, 0.15) is 24.7 Å². The van der Waals surface area contributed by atoms with Crippen LogP contribution in [0.15, 0.2) is 6.07 Å². The summed E-state index contributed by atoms with van der Waals surface area (Å²) in [5.74, 6) is 0.